The molecular weight excluding hydrogens is 331 g/mol. The Kier molecular flexibility index (Phi) is 3.72. The van der Waals surface area contributed by atoms with Gasteiger partial charge in [0.1, 0.15) is 6.54 Å². The number of rotatable bonds is 3. The zero-order valence-corrected chi connectivity index (χ0v) is 11.4. The first-order valence-electron chi connectivity index (χ1n) is 5.05. The third-order valence-corrected chi connectivity index (χ3v) is 2.95. The minimum Gasteiger partial charge on any atom is -0.324 e. The number of carbonyl (C=O) groups excluding carboxylic acids is 1. The first-order chi connectivity index (χ1) is 8.15. The molecule has 0 saturated carbocycles. The van der Waals surface area contributed by atoms with E-state index < -0.39 is 0 Å². The Hall–Kier alpha value is -1.44. The molecule has 0 aliphatic heterocycles. The fourth-order valence-electron chi connectivity index (χ4n) is 1.33. The maximum Gasteiger partial charge on any atom is 0.246 e. The average Bonchev–Trinajstić information content (AvgIpc) is 2.68. The maximum atomic E-state index is 11.7. The van der Waals surface area contributed by atoms with E-state index in [0.717, 1.165) is 15.0 Å². The van der Waals surface area contributed by atoms with Gasteiger partial charge in [0.25, 0.3) is 0 Å². The highest BCUT2D eigenvalue weighted by Crippen LogP contribution is 2.11. The number of halogens is 1. The number of hydrogen-bond acceptors (Lipinski definition) is 3. The van der Waals surface area contributed by atoms with E-state index in [1.807, 2.05) is 31.2 Å². The van der Waals surface area contributed by atoms with Crippen LogP contribution < -0.4 is 5.32 Å². The Morgan fingerprint density at radius 3 is 2.71 bits per heavy atom. The molecule has 0 bridgehead atoms. The van der Waals surface area contributed by atoms with Crippen LogP contribution in [-0.2, 0) is 11.3 Å². The standard InChI is InChI=1S/C11H11IN4O/c1-8-6-13-15-16(8)7-11(17)14-10-4-2-9(12)3-5-10/h2-6H,7H2,1H3,(H,14,17). The van der Waals surface area contributed by atoms with E-state index >= 15 is 0 Å². The van der Waals surface area contributed by atoms with Gasteiger partial charge in [0.15, 0.2) is 0 Å². The molecule has 2 rings (SSSR count). The molecule has 0 saturated heterocycles. The molecule has 0 radical (unpaired) electrons. The lowest BCUT2D eigenvalue weighted by atomic mass is 10.3. The molecule has 0 atom stereocenters. The van der Waals surface area contributed by atoms with Crippen LogP contribution in [-0.4, -0.2) is 20.9 Å². The SMILES string of the molecule is Cc1cnnn1CC(=O)Nc1ccc(I)cc1. The van der Waals surface area contributed by atoms with Crippen molar-refractivity contribution < 1.29 is 4.79 Å². The lowest BCUT2D eigenvalue weighted by molar-refractivity contribution is -0.117. The van der Waals surface area contributed by atoms with Crippen LogP contribution in [0.1, 0.15) is 5.69 Å². The summed E-state index contributed by atoms with van der Waals surface area (Å²) in [5.74, 6) is -0.111. The molecule has 0 fully saturated rings. The molecule has 2 aromatic rings. The largest absolute Gasteiger partial charge is 0.324 e. The summed E-state index contributed by atoms with van der Waals surface area (Å²) in [6.45, 7) is 2.04. The Labute approximate surface area is 112 Å². The van der Waals surface area contributed by atoms with Crippen LogP contribution in [0.5, 0.6) is 0 Å². The van der Waals surface area contributed by atoms with Gasteiger partial charge >= 0.3 is 0 Å². The summed E-state index contributed by atoms with van der Waals surface area (Å²) in [5.41, 5.74) is 1.65. The molecule has 1 aromatic heterocycles. The number of nitrogens with zero attached hydrogens (tertiary/aromatic N) is 3. The highest BCUT2D eigenvalue weighted by molar-refractivity contribution is 14.1. The van der Waals surface area contributed by atoms with Gasteiger partial charge in [0.05, 0.1) is 11.9 Å². The Morgan fingerprint density at radius 1 is 1.41 bits per heavy atom. The van der Waals surface area contributed by atoms with Gasteiger partial charge in [-0.3, -0.25) is 4.79 Å². The van der Waals surface area contributed by atoms with Crippen molar-refractivity contribution in [2.75, 3.05) is 5.32 Å². The van der Waals surface area contributed by atoms with Gasteiger partial charge in [-0.2, -0.15) is 0 Å². The van der Waals surface area contributed by atoms with Crippen molar-refractivity contribution in [1.82, 2.24) is 15.0 Å². The molecule has 1 amide bonds. The van der Waals surface area contributed by atoms with E-state index in [9.17, 15) is 4.79 Å². The Balaban J connectivity index is 1.98. The third kappa shape index (κ3) is 3.26. The highest BCUT2D eigenvalue weighted by atomic mass is 127. The predicted molar refractivity (Wildman–Crippen MR) is 72.5 cm³/mol. The molecule has 1 aromatic carbocycles. The molecule has 6 heteroatoms. The molecule has 1 heterocycles. The zero-order chi connectivity index (χ0) is 12.3. The number of aryl methyl sites for hydroxylation is 1. The van der Waals surface area contributed by atoms with Crippen LogP contribution in [0.2, 0.25) is 0 Å². The number of benzene rings is 1. The van der Waals surface area contributed by atoms with Crippen molar-refractivity contribution in [2.45, 2.75) is 13.5 Å². The molecule has 0 unspecified atom stereocenters. The first-order valence-corrected chi connectivity index (χ1v) is 6.13. The van der Waals surface area contributed by atoms with Crippen LogP contribution in [0.4, 0.5) is 5.69 Å². The Bertz CT molecular complexity index is 521. The molecule has 1 N–H and O–H groups in total. The van der Waals surface area contributed by atoms with Crippen molar-refractivity contribution >= 4 is 34.2 Å². The minimum atomic E-state index is -0.111. The van der Waals surface area contributed by atoms with E-state index in [4.69, 9.17) is 0 Å². The Morgan fingerprint density at radius 2 is 2.12 bits per heavy atom. The summed E-state index contributed by atoms with van der Waals surface area (Å²) in [6.07, 6.45) is 1.62. The maximum absolute atomic E-state index is 11.7. The second-order valence-electron chi connectivity index (χ2n) is 3.59. The summed E-state index contributed by atoms with van der Waals surface area (Å²) in [6, 6.07) is 7.62. The van der Waals surface area contributed by atoms with Crippen LogP contribution in [0.3, 0.4) is 0 Å². The monoisotopic (exact) mass is 342 g/mol. The summed E-state index contributed by atoms with van der Waals surface area (Å²) < 4.78 is 2.69. The van der Waals surface area contributed by atoms with Crippen molar-refractivity contribution in [3.05, 3.63) is 39.7 Å². The number of anilines is 1. The fraction of sp³-hybridized carbons (Fsp3) is 0.182. The first kappa shape index (κ1) is 12.0. The molecule has 88 valence electrons. The van der Waals surface area contributed by atoms with Crippen LogP contribution >= 0.6 is 22.6 Å². The van der Waals surface area contributed by atoms with Gasteiger partial charge in [-0.25, -0.2) is 4.68 Å². The van der Waals surface area contributed by atoms with Gasteiger partial charge in [0.2, 0.25) is 5.91 Å². The van der Waals surface area contributed by atoms with Gasteiger partial charge < -0.3 is 5.32 Å². The zero-order valence-electron chi connectivity index (χ0n) is 9.22. The molecule has 0 aliphatic rings. The second kappa shape index (κ2) is 5.26. The number of nitrogens with one attached hydrogen (secondary N) is 1. The number of hydrogen-bond donors (Lipinski definition) is 1. The summed E-state index contributed by atoms with van der Waals surface area (Å²) in [4.78, 5) is 11.7. The average molecular weight is 342 g/mol. The second-order valence-corrected chi connectivity index (χ2v) is 4.83. The third-order valence-electron chi connectivity index (χ3n) is 2.23. The normalized spacial score (nSPS) is 10.2. The van der Waals surface area contributed by atoms with E-state index in [0.29, 0.717) is 0 Å². The lowest BCUT2D eigenvalue weighted by Gasteiger charge is -2.05. The minimum absolute atomic E-state index is 0.111. The molecular formula is C11H11IN4O. The molecule has 0 aliphatic carbocycles. The van der Waals surface area contributed by atoms with E-state index in [1.165, 1.54) is 0 Å². The summed E-state index contributed by atoms with van der Waals surface area (Å²) in [5, 5.41) is 10.3. The van der Waals surface area contributed by atoms with Crippen LogP contribution in [0, 0.1) is 10.5 Å². The van der Waals surface area contributed by atoms with E-state index in [1.54, 1.807) is 10.9 Å². The van der Waals surface area contributed by atoms with E-state index in [2.05, 4.69) is 38.2 Å². The number of aromatic nitrogens is 3. The summed E-state index contributed by atoms with van der Waals surface area (Å²) in [7, 11) is 0. The molecule has 5 nitrogen and oxygen atoms in total. The summed E-state index contributed by atoms with van der Waals surface area (Å²) >= 11 is 2.22. The predicted octanol–water partition coefficient (Wildman–Crippen LogP) is 1.83. The number of amides is 1. The van der Waals surface area contributed by atoms with Crippen LogP contribution in [0.25, 0.3) is 0 Å². The van der Waals surface area contributed by atoms with Gasteiger partial charge in [-0.15, -0.1) is 5.10 Å². The van der Waals surface area contributed by atoms with Crippen LogP contribution in [0.15, 0.2) is 30.5 Å². The van der Waals surface area contributed by atoms with Crippen molar-refractivity contribution in [1.29, 1.82) is 0 Å². The van der Waals surface area contributed by atoms with Crippen molar-refractivity contribution in [3.63, 3.8) is 0 Å². The number of carbonyl (C=O) groups is 1. The topological polar surface area (TPSA) is 59.8 Å². The van der Waals surface area contributed by atoms with Crippen molar-refractivity contribution in [2.24, 2.45) is 0 Å². The smallest absolute Gasteiger partial charge is 0.246 e. The van der Waals surface area contributed by atoms with Gasteiger partial charge in [-0.1, -0.05) is 5.21 Å². The highest BCUT2D eigenvalue weighted by Gasteiger charge is 2.06. The quantitative estimate of drug-likeness (QED) is 0.866. The molecule has 0 spiro atoms. The lowest BCUT2D eigenvalue weighted by Crippen LogP contribution is -2.20. The fourth-order valence-corrected chi connectivity index (χ4v) is 1.69. The van der Waals surface area contributed by atoms with Gasteiger partial charge in [-0.05, 0) is 53.8 Å². The molecule has 17 heavy (non-hydrogen) atoms. The van der Waals surface area contributed by atoms with E-state index in [-0.39, 0.29) is 12.5 Å². The van der Waals surface area contributed by atoms with Gasteiger partial charge in [0, 0.05) is 9.26 Å². The van der Waals surface area contributed by atoms with Crippen molar-refractivity contribution in [3.8, 4) is 0 Å².